The van der Waals surface area contributed by atoms with Gasteiger partial charge in [-0.15, -0.1) is 0 Å². The molecule has 1 aromatic rings. The van der Waals surface area contributed by atoms with Crippen LogP contribution < -0.4 is 5.32 Å². The summed E-state index contributed by atoms with van der Waals surface area (Å²) in [6.45, 7) is 14.0. The maximum absolute atomic E-state index is 5.38. The fraction of sp³-hybridized carbons (Fsp3) is 0.786. The van der Waals surface area contributed by atoms with Crippen molar-refractivity contribution < 1.29 is 4.74 Å². The Labute approximate surface area is 111 Å². The van der Waals surface area contributed by atoms with Crippen LogP contribution in [0, 0.1) is 13.8 Å². The van der Waals surface area contributed by atoms with Crippen LogP contribution in [0.15, 0.2) is 0 Å². The summed E-state index contributed by atoms with van der Waals surface area (Å²) < 4.78 is 7.45. The fourth-order valence-electron chi connectivity index (χ4n) is 2.09. The third-order valence-corrected chi connectivity index (χ3v) is 3.11. The first-order chi connectivity index (χ1) is 8.56. The first kappa shape index (κ1) is 15.2. The highest BCUT2D eigenvalue weighted by atomic mass is 16.5. The number of ether oxygens (including phenoxy) is 1. The second-order valence-electron chi connectivity index (χ2n) is 4.93. The van der Waals surface area contributed by atoms with Crippen molar-refractivity contribution >= 4 is 0 Å². The smallest absolute Gasteiger partial charge is 0.0662 e. The van der Waals surface area contributed by atoms with Crippen LogP contribution in [0.4, 0.5) is 0 Å². The highest BCUT2D eigenvalue weighted by molar-refractivity contribution is 5.24. The molecule has 104 valence electrons. The van der Waals surface area contributed by atoms with Gasteiger partial charge >= 0.3 is 0 Å². The van der Waals surface area contributed by atoms with E-state index >= 15 is 0 Å². The van der Waals surface area contributed by atoms with E-state index in [9.17, 15) is 0 Å². The van der Waals surface area contributed by atoms with Gasteiger partial charge in [0, 0.05) is 18.3 Å². The van der Waals surface area contributed by atoms with Gasteiger partial charge in [0.05, 0.1) is 18.8 Å². The Bertz CT molecular complexity index is 358. The van der Waals surface area contributed by atoms with Crippen LogP contribution in [0.5, 0.6) is 0 Å². The molecule has 0 saturated heterocycles. The van der Waals surface area contributed by atoms with Crippen LogP contribution in [0.25, 0.3) is 0 Å². The zero-order chi connectivity index (χ0) is 13.5. The number of hydrogen-bond acceptors (Lipinski definition) is 3. The summed E-state index contributed by atoms with van der Waals surface area (Å²) in [5.41, 5.74) is 3.80. The van der Waals surface area contributed by atoms with Crippen molar-refractivity contribution in [1.29, 1.82) is 0 Å². The Hall–Kier alpha value is -0.870. The summed E-state index contributed by atoms with van der Waals surface area (Å²) in [5, 5.41) is 8.04. The highest BCUT2D eigenvalue weighted by Crippen LogP contribution is 2.13. The summed E-state index contributed by atoms with van der Waals surface area (Å²) in [7, 11) is 0. The van der Waals surface area contributed by atoms with Crippen molar-refractivity contribution in [2.24, 2.45) is 0 Å². The monoisotopic (exact) mass is 253 g/mol. The molecule has 0 spiro atoms. The van der Waals surface area contributed by atoms with Crippen LogP contribution in [0.2, 0.25) is 0 Å². The maximum Gasteiger partial charge on any atom is 0.0662 e. The number of rotatable bonds is 8. The summed E-state index contributed by atoms with van der Waals surface area (Å²) >= 11 is 0. The molecule has 0 aliphatic heterocycles. The molecule has 0 unspecified atom stereocenters. The molecule has 0 aliphatic carbocycles. The molecule has 1 N–H and O–H groups in total. The Morgan fingerprint density at radius 3 is 2.67 bits per heavy atom. The Morgan fingerprint density at radius 2 is 2.06 bits per heavy atom. The maximum atomic E-state index is 5.38. The fourth-order valence-corrected chi connectivity index (χ4v) is 2.09. The van der Waals surface area contributed by atoms with Crippen LogP contribution in [-0.2, 0) is 17.7 Å². The molecule has 0 aliphatic rings. The van der Waals surface area contributed by atoms with Crippen LogP contribution in [0.1, 0.15) is 37.7 Å². The largest absolute Gasteiger partial charge is 0.380 e. The van der Waals surface area contributed by atoms with E-state index in [1.165, 1.54) is 11.3 Å². The van der Waals surface area contributed by atoms with Gasteiger partial charge in [-0.25, -0.2) is 0 Å². The standard InChI is InChI=1S/C14H27N3O/c1-6-18-10-9-17-13(5)14(12(4)16-17)7-8-15-11(2)3/h11,15H,6-10H2,1-5H3. The van der Waals surface area contributed by atoms with Gasteiger partial charge in [-0.2, -0.15) is 5.10 Å². The highest BCUT2D eigenvalue weighted by Gasteiger charge is 2.10. The van der Waals surface area contributed by atoms with E-state index in [0.717, 1.165) is 38.4 Å². The predicted molar refractivity (Wildman–Crippen MR) is 75.0 cm³/mol. The van der Waals surface area contributed by atoms with Crippen molar-refractivity contribution in [3.63, 3.8) is 0 Å². The van der Waals surface area contributed by atoms with Crippen molar-refractivity contribution in [2.45, 2.75) is 53.6 Å². The molecule has 1 rings (SSSR count). The average Bonchev–Trinajstić information content (AvgIpc) is 2.56. The third-order valence-electron chi connectivity index (χ3n) is 3.11. The molecule has 1 heterocycles. The minimum absolute atomic E-state index is 0.540. The van der Waals surface area contributed by atoms with E-state index in [2.05, 4.69) is 42.8 Å². The molecule has 0 saturated carbocycles. The lowest BCUT2D eigenvalue weighted by atomic mass is 10.1. The molecule has 4 heteroatoms. The van der Waals surface area contributed by atoms with E-state index in [1.807, 2.05) is 6.92 Å². The van der Waals surface area contributed by atoms with Gasteiger partial charge < -0.3 is 10.1 Å². The molecule has 18 heavy (non-hydrogen) atoms. The van der Waals surface area contributed by atoms with Crippen molar-refractivity contribution in [2.75, 3.05) is 19.8 Å². The van der Waals surface area contributed by atoms with E-state index in [0.29, 0.717) is 6.04 Å². The van der Waals surface area contributed by atoms with Gasteiger partial charge in [-0.05, 0) is 39.3 Å². The molecule has 0 radical (unpaired) electrons. The predicted octanol–water partition coefficient (Wildman–Crippen LogP) is 2.08. The van der Waals surface area contributed by atoms with Crippen LogP contribution in [-0.4, -0.2) is 35.6 Å². The van der Waals surface area contributed by atoms with Gasteiger partial charge in [0.1, 0.15) is 0 Å². The third kappa shape index (κ3) is 4.42. The van der Waals surface area contributed by atoms with Crippen molar-refractivity contribution in [3.8, 4) is 0 Å². The number of aryl methyl sites for hydroxylation is 1. The number of hydrogen-bond donors (Lipinski definition) is 1. The number of nitrogens with one attached hydrogen (secondary N) is 1. The second kappa shape index (κ2) is 7.54. The molecule has 1 aromatic heterocycles. The second-order valence-corrected chi connectivity index (χ2v) is 4.93. The Morgan fingerprint density at radius 1 is 1.33 bits per heavy atom. The molecule has 4 nitrogen and oxygen atoms in total. The molecule has 0 bridgehead atoms. The number of aromatic nitrogens is 2. The van der Waals surface area contributed by atoms with Gasteiger partial charge in [-0.3, -0.25) is 4.68 Å². The Kier molecular flexibility index (Phi) is 6.36. The summed E-state index contributed by atoms with van der Waals surface area (Å²) in [4.78, 5) is 0. The quantitative estimate of drug-likeness (QED) is 0.721. The van der Waals surface area contributed by atoms with Crippen molar-refractivity contribution in [3.05, 3.63) is 17.0 Å². The molecular formula is C14H27N3O. The van der Waals surface area contributed by atoms with Crippen molar-refractivity contribution in [1.82, 2.24) is 15.1 Å². The normalized spacial score (nSPS) is 11.4. The van der Waals surface area contributed by atoms with Crippen LogP contribution >= 0.6 is 0 Å². The lowest BCUT2D eigenvalue weighted by Gasteiger charge is -2.08. The van der Waals surface area contributed by atoms with E-state index in [-0.39, 0.29) is 0 Å². The van der Waals surface area contributed by atoms with E-state index < -0.39 is 0 Å². The molecule has 0 amide bonds. The van der Waals surface area contributed by atoms with Crippen LogP contribution in [0.3, 0.4) is 0 Å². The van der Waals surface area contributed by atoms with Gasteiger partial charge in [0.2, 0.25) is 0 Å². The van der Waals surface area contributed by atoms with E-state index in [4.69, 9.17) is 4.74 Å². The van der Waals surface area contributed by atoms with Gasteiger partial charge in [-0.1, -0.05) is 13.8 Å². The molecule has 0 atom stereocenters. The lowest BCUT2D eigenvalue weighted by molar-refractivity contribution is 0.135. The number of nitrogens with zero attached hydrogens (tertiary/aromatic N) is 2. The lowest BCUT2D eigenvalue weighted by Crippen LogP contribution is -2.25. The first-order valence-electron chi connectivity index (χ1n) is 6.90. The minimum atomic E-state index is 0.540. The minimum Gasteiger partial charge on any atom is -0.380 e. The zero-order valence-corrected chi connectivity index (χ0v) is 12.4. The summed E-state index contributed by atoms with van der Waals surface area (Å²) in [6, 6.07) is 0.540. The zero-order valence-electron chi connectivity index (χ0n) is 12.4. The topological polar surface area (TPSA) is 39.1 Å². The Balaban J connectivity index is 2.57. The molecule has 0 aromatic carbocycles. The first-order valence-corrected chi connectivity index (χ1v) is 6.90. The summed E-state index contributed by atoms with van der Waals surface area (Å²) in [6.07, 6.45) is 1.05. The summed E-state index contributed by atoms with van der Waals surface area (Å²) in [5.74, 6) is 0. The van der Waals surface area contributed by atoms with Gasteiger partial charge in [0.25, 0.3) is 0 Å². The molecule has 0 fully saturated rings. The average molecular weight is 253 g/mol. The van der Waals surface area contributed by atoms with E-state index in [1.54, 1.807) is 0 Å². The SMILES string of the molecule is CCOCCn1nc(C)c(CCNC(C)C)c1C. The molecular weight excluding hydrogens is 226 g/mol. The van der Waals surface area contributed by atoms with Gasteiger partial charge in [0.15, 0.2) is 0 Å².